The Hall–Kier alpha value is -4.24. The predicted molar refractivity (Wildman–Crippen MR) is 176 cm³/mol. The minimum Gasteiger partial charge on any atom is -0.311 e. The highest BCUT2D eigenvalue weighted by atomic mass is 15.2. The van der Waals surface area contributed by atoms with Crippen molar-refractivity contribution in [1.29, 1.82) is 0 Å². The number of para-hydroxylation sites is 3. The van der Waals surface area contributed by atoms with Crippen molar-refractivity contribution < 1.29 is 0 Å². The third kappa shape index (κ3) is 3.86. The van der Waals surface area contributed by atoms with Gasteiger partial charge in [-0.2, -0.15) is 0 Å². The van der Waals surface area contributed by atoms with Gasteiger partial charge in [0.2, 0.25) is 0 Å². The molecular formula is C38H35BN2. The van der Waals surface area contributed by atoms with Crippen LogP contribution in [-0.4, -0.2) is 6.71 Å². The Kier molecular flexibility index (Phi) is 5.81. The molecule has 1 aliphatic carbocycles. The predicted octanol–water partition coefficient (Wildman–Crippen LogP) is 8.43. The zero-order valence-corrected chi connectivity index (χ0v) is 24.0. The summed E-state index contributed by atoms with van der Waals surface area (Å²) in [5.74, 6) is 0.608. The van der Waals surface area contributed by atoms with Gasteiger partial charge in [-0.3, -0.25) is 0 Å². The maximum absolute atomic E-state index is 2.57. The van der Waals surface area contributed by atoms with Gasteiger partial charge in [0.25, 0.3) is 6.71 Å². The number of hydrogen-bond donors (Lipinski definition) is 0. The first-order valence-corrected chi connectivity index (χ1v) is 15.3. The fraction of sp³-hybridized carbons (Fsp3) is 0.211. The lowest BCUT2D eigenvalue weighted by atomic mass is 9.33. The van der Waals surface area contributed by atoms with Crippen molar-refractivity contribution >= 4 is 57.2 Å². The van der Waals surface area contributed by atoms with Gasteiger partial charge >= 0.3 is 0 Å². The molecule has 0 amide bonds. The Labute approximate surface area is 244 Å². The molecular weight excluding hydrogens is 495 g/mol. The third-order valence-corrected chi connectivity index (χ3v) is 9.60. The Morgan fingerprint density at radius 1 is 0.585 bits per heavy atom. The standard InChI is InChI=1S/C38H35BN2/c1-26-20-22-31(23-21-26)41-36-25-29(28-13-5-3-6-14-28)24-35-37(36)39(33-18-11-12-27(2)38(33)41)32-17-9-10-19-34(32)40(35)30-15-7-4-8-16-30/h4,7-12,15-25,28H,3,5-6,13-14H2,1-2H3. The Balaban J connectivity index is 1.48. The number of aryl methyl sites for hydroxylation is 2. The molecule has 2 nitrogen and oxygen atoms in total. The summed E-state index contributed by atoms with van der Waals surface area (Å²) in [7, 11) is 0. The van der Waals surface area contributed by atoms with E-state index in [4.69, 9.17) is 0 Å². The van der Waals surface area contributed by atoms with Gasteiger partial charge in [0.15, 0.2) is 0 Å². The van der Waals surface area contributed by atoms with E-state index in [0.717, 1.165) is 0 Å². The molecule has 2 heterocycles. The molecule has 0 radical (unpaired) electrons. The van der Waals surface area contributed by atoms with Gasteiger partial charge in [0, 0.05) is 34.1 Å². The molecule has 3 aliphatic rings. The van der Waals surface area contributed by atoms with Gasteiger partial charge in [-0.25, -0.2) is 0 Å². The van der Waals surface area contributed by atoms with Crippen molar-refractivity contribution in [2.24, 2.45) is 0 Å². The van der Waals surface area contributed by atoms with Crippen LogP contribution in [0.3, 0.4) is 0 Å². The van der Waals surface area contributed by atoms with Crippen molar-refractivity contribution in [1.82, 2.24) is 0 Å². The Morgan fingerprint density at radius 2 is 1.24 bits per heavy atom. The summed E-state index contributed by atoms with van der Waals surface area (Å²) in [6.07, 6.45) is 6.58. The minimum atomic E-state index is 0.188. The number of fused-ring (bicyclic) bond motifs is 4. The number of hydrogen-bond acceptors (Lipinski definition) is 2. The zero-order valence-electron chi connectivity index (χ0n) is 24.0. The molecule has 0 atom stereocenters. The van der Waals surface area contributed by atoms with Gasteiger partial charge in [-0.15, -0.1) is 0 Å². The zero-order chi connectivity index (χ0) is 27.5. The van der Waals surface area contributed by atoms with E-state index < -0.39 is 0 Å². The summed E-state index contributed by atoms with van der Waals surface area (Å²) in [5, 5.41) is 0. The molecule has 1 fully saturated rings. The number of nitrogens with zero attached hydrogens (tertiary/aromatic N) is 2. The molecule has 41 heavy (non-hydrogen) atoms. The summed E-state index contributed by atoms with van der Waals surface area (Å²) in [6.45, 7) is 4.64. The van der Waals surface area contributed by atoms with Gasteiger partial charge in [-0.05, 0) is 103 Å². The molecule has 8 rings (SSSR count). The molecule has 2 aliphatic heterocycles. The highest BCUT2D eigenvalue weighted by molar-refractivity contribution is 7.00. The van der Waals surface area contributed by atoms with E-state index in [1.54, 1.807) is 0 Å². The Bertz CT molecular complexity index is 1750. The summed E-state index contributed by atoms with van der Waals surface area (Å²) in [4.78, 5) is 5.11. The lowest BCUT2D eigenvalue weighted by molar-refractivity contribution is 0.444. The highest BCUT2D eigenvalue weighted by Gasteiger charge is 2.44. The van der Waals surface area contributed by atoms with Crippen molar-refractivity contribution in [2.45, 2.75) is 51.9 Å². The van der Waals surface area contributed by atoms with Crippen LogP contribution in [0.25, 0.3) is 0 Å². The highest BCUT2D eigenvalue weighted by Crippen LogP contribution is 2.47. The lowest BCUT2D eigenvalue weighted by Crippen LogP contribution is -2.61. The van der Waals surface area contributed by atoms with Crippen LogP contribution in [0, 0.1) is 13.8 Å². The van der Waals surface area contributed by atoms with Crippen LogP contribution in [0.2, 0.25) is 0 Å². The van der Waals surface area contributed by atoms with Crippen LogP contribution < -0.4 is 26.2 Å². The Morgan fingerprint density at radius 3 is 2.02 bits per heavy atom. The van der Waals surface area contributed by atoms with Crippen molar-refractivity contribution in [3.8, 4) is 0 Å². The first kappa shape index (κ1) is 24.6. The topological polar surface area (TPSA) is 6.48 Å². The van der Waals surface area contributed by atoms with E-state index in [1.807, 2.05) is 0 Å². The van der Waals surface area contributed by atoms with Crippen molar-refractivity contribution in [3.63, 3.8) is 0 Å². The second-order valence-electron chi connectivity index (χ2n) is 12.2. The molecule has 1 saturated carbocycles. The second-order valence-corrected chi connectivity index (χ2v) is 12.2. The summed E-state index contributed by atoms with van der Waals surface area (Å²) < 4.78 is 0. The van der Waals surface area contributed by atoms with Crippen LogP contribution in [0.1, 0.15) is 54.7 Å². The fourth-order valence-corrected chi connectivity index (χ4v) is 7.68. The molecule has 0 unspecified atom stereocenters. The maximum Gasteiger partial charge on any atom is 0.252 e. The molecule has 5 aromatic carbocycles. The van der Waals surface area contributed by atoms with Crippen molar-refractivity contribution in [2.75, 3.05) is 9.80 Å². The summed E-state index contributed by atoms with van der Waals surface area (Å²) in [5.41, 5.74) is 16.1. The monoisotopic (exact) mass is 530 g/mol. The number of benzene rings is 5. The average molecular weight is 531 g/mol. The van der Waals surface area contributed by atoms with Gasteiger partial charge in [0.05, 0.1) is 0 Å². The second kappa shape index (κ2) is 9.70. The quantitative estimate of drug-likeness (QED) is 0.212. The van der Waals surface area contributed by atoms with E-state index in [2.05, 4.69) is 133 Å². The van der Waals surface area contributed by atoms with Crippen molar-refractivity contribution in [3.05, 3.63) is 126 Å². The number of rotatable bonds is 3. The van der Waals surface area contributed by atoms with Crippen LogP contribution in [0.4, 0.5) is 34.1 Å². The molecule has 200 valence electrons. The van der Waals surface area contributed by atoms with E-state index >= 15 is 0 Å². The van der Waals surface area contributed by atoms with E-state index in [1.165, 1.54) is 99.3 Å². The normalized spacial score (nSPS) is 15.8. The average Bonchev–Trinajstić information content (AvgIpc) is 3.02. The maximum atomic E-state index is 2.57. The molecule has 0 bridgehead atoms. The molecule has 0 aromatic heterocycles. The van der Waals surface area contributed by atoms with Gasteiger partial charge in [0.1, 0.15) is 0 Å². The summed E-state index contributed by atoms with van der Waals surface area (Å²) in [6, 6.07) is 41.2. The molecule has 0 spiro atoms. The smallest absolute Gasteiger partial charge is 0.252 e. The molecule has 5 aromatic rings. The first-order valence-electron chi connectivity index (χ1n) is 15.3. The van der Waals surface area contributed by atoms with E-state index in [0.29, 0.717) is 5.92 Å². The third-order valence-electron chi connectivity index (χ3n) is 9.60. The molecule has 0 N–H and O–H groups in total. The van der Waals surface area contributed by atoms with Gasteiger partial charge in [-0.1, -0.05) is 91.6 Å². The van der Waals surface area contributed by atoms with Crippen LogP contribution in [0.5, 0.6) is 0 Å². The SMILES string of the molecule is Cc1ccc(N2c3cc(C4CCCCC4)cc4c3B(c3ccccc3N4c3ccccc3)c3cccc(C)c32)cc1. The lowest BCUT2D eigenvalue weighted by Gasteiger charge is -2.45. The fourth-order valence-electron chi connectivity index (χ4n) is 7.68. The van der Waals surface area contributed by atoms with E-state index in [-0.39, 0.29) is 6.71 Å². The van der Waals surface area contributed by atoms with E-state index in [9.17, 15) is 0 Å². The number of anilines is 6. The minimum absolute atomic E-state index is 0.188. The van der Waals surface area contributed by atoms with Crippen LogP contribution in [0.15, 0.2) is 109 Å². The molecule has 0 saturated heterocycles. The van der Waals surface area contributed by atoms with Crippen LogP contribution >= 0.6 is 0 Å². The largest absolute Gasteiger partial charge is 0.311 e. The summed E-state index contributed by atoms with van der Waals surface area (Å²) >= 11 is 0. The van der Waals surface area contributed by atoms with Crippen LogP contribution in [-0.2, 0) is 0 Å². The molecule has 3 heteroatoms. The first-order chi connectivity index (χ1) is 20.2. The van der Waals surface area contributed by atoms with Gasteiger partial charge < -0.3 is 9.80 Å².